The van der Waals surface area contributed by atoms with Gasteiger partial charge in [0.2, 0.25) is 0 Å². The van der Waals surface area contributed by atoms with Gasteiger partial charge in [-0.2, -0.15) is 0 Å². The Bertz CT molecular complexity index is 855. The van der Waals surface area contributed by atoms with Crippen LogP contribution in [0.15, 0.2) is 41.3 Å². The Hall–Kier alpha value is -2.21. The summed E-state index contributed by atoms with van der Waals surface area (Å²) in [5.74, 6) is 0.669. The number of hydrogen-bond acceptors (Lipinski definition) is 4. The van der Waals surface area contributed by atoms with Crippen LogP contribution >= 0.6 is 0 Å². The molecule has 5 nitrogen and oxygen atoms in total. The Kier molecular flexibility index (Phi) is 4.17. The lowest BCUT2D eigenvalue weighted by Gasteiger charge is -2.36. The number of likely N-dealkylation sites (N-methyl/N-ethyl adjacent to an activating group) is 1. The van der Waals surface area contributed by atoms with Gasteiger partial charge in [0, 0.05) is 13.6 Å². The van der Waals surface area contributed by atoms with E-state index in [1.54, 1.807) is 19.2 Å². The van der Waals surface area contributed by atoms with Gasteiger partial charge in [0.25, 0.3) is 10.0 Å². The molecular formula is C18H22N2O3S. The van der Waals surface area contributed by atoms with Crippen LogP contribution in [0.2, 0.25) is 0 Å². The SMILES string of the molecule is COc1cc(C)c(S(=O)(=O)N2CCN(C)c3ccccc32)c(C)c1. The van der Waals surface area contributed by atoms with E-state index in [0.717, 1.165) is 11.4 Å². The first kappa shape index (κ1) is 16.6. The highest BCUT2D eigenvalue weighted by Gasteiger charge is 2.32. The van der Waals surface area contributed by atoms with Gasteiger partial charge in [-0.05, 0) is 49.2 Å². The molecule has 0 spiro atoms. The molecule has 0 bridgehead atoms. The predicted molar refractivity (Wildman–Crippen MR) is 96.7 cm³/mol. The van der Waals surface area contributed by atoms with E-state index in [1.807, 2.05) is 45.2 Å². The van der Waals surface area contributed by atoms with E-state index in [0.29, 0.717) is 34.9 Å². The van der Waals surface area contributed by atoms with E-state index in [2.05, 4.69) is 4.90 Å². The number of sulfonamides is 1. The number of benzene rings is 2. The summed E-state index contributed by atoms with van der Waals surface area (Å²) in [4.78, 5) is 2.44. The van der Waals surface area contributed by atoms with E-state index >= 15 is 0 Å². The molecule has 0 unspecified atom stereocenters. The molecule has 24 heavy (non-hydrogen) atoms. The molecule has 0 fully saturated rings. The lowest BCUT2D eigenvalue weighted by atomic mass is 10.1. The summed E-state index contributed by atoms with van der Waals surface area (Å²) in [6.07, 6.45) is 0. The van der Waals surface area contributed by atoms with Gasteiger partial charge in [0.1, 0.15) is 5.75 Å². The van der Waals surface area contributed by atoms with Crippen molar-refractivity contribution in [3.05, 3.63) is 47.5 Å². The number of ether oxygens (including phenoxy) is 1. The molecule has 128 valence electrons. The van der Waals surface area contributed by atoms with E-state index in [4.69, 9.17) is 4.74 Å². The van der Waals surface area contributed by atoms with E-state index in [9.17, 15) is 8.42 Å². The molecule has 0 saturated carbocycles. The van der Waals surface area contributed by atoms with Crippen LogP contribution < -0.4 is 13.9 Å². The molecule has 3 rings (SSSR count). The van der Waals surface area contributed by atoms with Crippen molar-refractivity contribution in [2.75, 3.05) is 36.5 Å². The first-order valence-corrected chi connectivity index (χ1v) is 9.28. The summed E-state index contributed by atoms with van der Waals surface area (Å²) in [7, 11) is -0.0728. The van der Waals surface area contributed by atoms with Gasteiger partial charge >= 0.3 is 0 Å². The molecule has 1 aliphatic heterocycles. The average Bonchev–Trinajstić information content (AvgIpc) is 2.54. The zero-order valence-corrected chi connectivity index (χ0v) is 15.2. The molecular weight excluding hydrogens is 324 g/mol. The molecule has 1 heterocycles. The molecule has 6 heteroatoms. The lowest BCUT2D eigenvalue weighted by Crippen LogP contribution is -2.43. The van der Waals surface area contributed by atoms with Gasteiger partial charge < -0.3 is 9.64 Å². The van der Waals surface area contributed by atoms with Crippen LogP contribution in [0.1, 0.15) is 11.1 Å². The molecule has 2 aromatic rings. The first-order valence-electron chi connectivity index (χ1n) is 7.84. The minimum absolute atomic E-state index is 0.364. The third-order valence-electron chi connectivity index (χ3n) is 4.42. The third-order valence-corrected chi connectivity index (χ3v) is 6.54. The summed E-state index contributed by atoms with van der Waals surface area (Å²) in [5, 5.41) is 0. The number of hydrogen-bond donors (Lipinski definition) is 0. The zero-order valence-electron chi connectivity index (χ0n) is 14.4. The van der Waals surface area contributed by atoms with Gasteiger partial charge in [0.15, 0.2) is 0 Å². The van der Waals surface area contributed by atoms with Crippen molar-refractivity contribution < 1.29 is 13.2 Å². The second-order valence-electron chi connectivity index (χ2n) is 6.08. The maximum atomic E-state index is 13.4. The van der Waals surface area contributed by atoms with E-state index in [1.165, 1.54) is 4.31 Å². The number of rotatable bonds is 3. The lowest BCUT2D eigenvalue weighted by molar-refractivity contribution is 0.413. The van der Waals surface area contributed by atoms with Crippen LogP contribution in [0.5, 0.6) is 5.75 Å². The van der Waals surface area contributed by atoms with Crippen molar-refractivity contribution in [3.8, 4) is 5.75 Å². The largest absolute Gasteiger partial charge is 0.497 e. The number of nitrogens with zero attached hydrogens (tertiary/aromatic N) is 2. The highest BCUT2D eigenvalue weighted by molar-refractivity contribution is 7.93. The quantitative estimate of drug-likeness (QED) is 0.857. The molecule has 2 aromatic carbocycles. The molecule has 1 aliphatic rings. The molecule has 0 N–H and O–H groups in total. The highest BCUT2D eigenvalue weighted by atomic mass is 32.2. The molecule has 0 aromatic heterocycles. The van der Waals surface area contributed by atoms with E-state index < -0.39 is 10.0 Å². The van der Waals surface area contributed by atoms with Crippen molar-refractivity contribution >= 4 is 21.4 Å². The zero-order chi connectivity index (χ0) is 17.5. The van der Waals surface area contributed by atoms with Crippen LogP contribution in [0.25, 0.3) is 0 Å². The van der Waals surface area contributed by atoms with Gasteiger partial charge in [-0.15, -0.1) is 0 Å². The smallest absolute Gasteiger partial charge is 0.264 e. The molecule has 0 saturated heterocycles. The van der Waals surface area contributed by atoms with Gasteiger partial charge in [-0.25, -0.2) is 8.42 Å². The van der Waals surface area contributed by atoms with Crippen molar-refractivity contribution in [3.63, 3.8) is 0 Å². The van der Waals surface area contributed by atoms with Gasteiger partial charge in [-0.1, -0.05) is 12.1 Å². The predicted octanol–water partition coefficient (Wildman–Crippen LogP) is 2.96. The van der Waals surface area contributed by atoms with Crippen LogP contribution in [-0.4, -0.2) is 35.7 Å². The summed E-state index contributed by atoms with van der Waals surface area (Å²) in [6, 6.07) is 11.1. The third kappa shape index (κ3) is 2.60. The number of methoxy groups -OCH3 is 1. The fourth-order valence-corrected chi connectivity index (χ4v) is 5.16. The van der Waals surface area contributed by atoms with Crippen molar-refractivity contribution in [2.45, 2.75) is 18.7 Å². The number of para-hydroxylation sites is 2. The van der Waals surface area contributed by atoms with Crippen LogP contribution in [0.4, 0.5) is 11.4 Å². The summed E-state index contributed by atoms with van der Waals surface area (Å²) in [6.45, 7) is 4.71. The summed E-state index contributed by atoms with van der Waals surface area (Å²) >= 11 is 0. The number of aryl methyl sites for hydroxylation is 2. The second kappa shape index (κ2) is 6.02. The minimum Gasteiger partial charge on any atom is -0.497 e. The maximum absolute atomic E-state index is 13.4. The normalized spacial score (nSPS) is 14.5. The Morgan fingerprint density at radius 1 is 1.00 bits per heavy atom. The Morgan fingerprint density at radius 3 is 2.17 bits per heavy atom. The first-order chi connectivity index (χ1) is 11.4. The second-order valence-corrected chi connectivity index (χ2v) is 7.88. The Morgan fingerprint density at radius 2 is 1.58 bits per heavy atom. The monoisotopic (exact) mass is 346 g/mol. The summed E-state index contributed by atoms with van der Waals surface area (Å²) < 4.78 is 33.5. The van der Waals surface area contributed by atoms with Crippen LogP contribution in [0.3, 0.4) is 0 Å². The molecule has 0 aliphatic carbocycles. The maximum Gasteiger partial charge on any atom is 0.264 e. The molecule has 0 radical (unpaired) electrons. The molecule has 0 amide bonds. The highest BCUT2D eigenvalue weighted by Crippen LogP contribution is 2.37. The summed E-state index contributed by atoms with van der Waals surface area (Å²) in [5.41, 5.74) is 3.04. The number of anilines is 2. The minimum atomic E-state index is -3.63. The Labute approximate surface area is 143 Å². The van der Waals surface area contributed by atoms with Gasteiger partial charge in [0.05, 0.1) is 29.9 Å². The number of fused-ring (bicyclic) bond motifs is 1. The van der Waals surface area contributed by atoms with Crippen molar-refractivity contribution in [1.82, 2.24) is 0 Å². The Balaban J connectivity index is 2.15. The molecule has 0 atom stereocenters. The fraction of sp³-hybridized carbons (Fsp3) is 0.333. The topological polar surface area (TPSA) is 49.9 Å². The van der Waals surface area contributed by atoms with Crippen LogP contribution in [0, 0.1) is 13.8 Å². The average molecular weight is 346 g/mol. The van der Waals surface area contributed by atoms with Crippen LogP contribution in [-0.2, 0) is 10.0 Å². The van der Waals surface area contributed by atoms with Crippen molar-refractivity contribution in [1.29, 1.82) is 0 Å². The fourth-order valence-electron chi connectivity index (χ4n) is 3.27. The van der Waals surface area contributed by atoms with Gasteiger partial charge in [-0.3, -0.25) is 4.31 Å². The van der Waals surface area contributed by atoms with E-state index in [-0.39, 0.29) is 0 Å². The van der Waals surface area contributed by atoms with Crippen molar-refractivity contribution in [2.24, 2.45) is 0 Å². The standard InChI is InChI=1S/C18H22N2O3S/c1-13-11-15(23-4)12-14(2)18(13)24(21,22)20-10-9-19(3)16-7-5-6-8-17(16)20/h5-8,11-12H,9-10H2,1-4H3.